The summed E-state index contributed by atoms with van der Waals surface area (Å²) >= 11 is 0. The highest BCUT2D eigenvalue weighted by molar-refractivity contribution is 5.81. The number of carbonyl (C=O) groups is 1. The standard InChI is InChI=1S/C9H18N6O/c1-6(2)8(9(16)10-3)11-5-7-12-14-15(4)13-7/h6,8,11H,5H2,1-4H3,(H,10,16). The van der Waals surface area contributed by atoms with Gasteiger partial charge in [-0.3, -0.25) is 10.1 Å². The second-order valence-corrected chi connectivity index (χ2v) is 3.91. The first-order chi connectivity index (χ1) is 7.54. The van der Waals surface area contributed by atoms with Crippen molar-refractivity contribution in [3.63, 3.8) is 0 Å². The van der Waals surface area contributed by atoms with Gasteiger partial charge in [0.25, 0.3) is 0 Å². The van der Waals surface area contributed by atoms with Crippen molar-refractivity contribution in [2.24, 2.45) is 13.0 Å². The summed E-state index contributed by atoms with van der Waals surface area (Å²) in [5.74, 6) is 0.757. The van der Waals surface area contributed by atoms with Crippen LogP contribution in [0.25, 0.3) is 0 Å². The molecule has 0 aliphatic heterocycles. The van der Waals surface area contributed by atoms with E-state index in [0.29, 0.717) is 12.4 Å². The van der Waals surface area contributed by atoms with E-state index < -0.39 is 0 Å². The Hall–Kier alpha value is -1.50. The maximum absolute atomic E-state index is 11.5. The zero-order valence-electron chi connectivity index (χ0n) is 10.1. The lowest BCUT2D eigenvalue weighted by molar-refractivity contribution is -0.123. The van der Waals surface area contributed by atoms with Crippen molar-refractivity contribution < 1.29 is 4.79 Å². The van der Waals surface area contributed by atoms with E-state index in [1.807, 2.05) is 13.8 Å². The van der Waals surface area contributed by atoms with Crippen LogP contribution in [-0.4, -0.2) is 39.2 Å². The summed E-state index contributed by atoms with van der Waals surface area (Å²) in [7, 11) is 3.33. The van der Waals surface area contributed by atoms with E-state index in [9.17, 15) is 4.79 Å². The van der Waals surface area contributed by atoms with E-state index in [1.54, 1.807) is 14.1 Å². The normalized spacial score (nSPS) is 12.8. The van der Waals surface area contributed by atoms with Gasteiger partial charge in [0, 0.05) is 7.05 Å². The molecule has 0 aliphatic rings. The molecule has 1 atom stereocenters. The van der Waals surface area contributed by atoms with Crippen molar-refractivity contribution in [2.45, 2.75) is 26.4 Å². The summed E-state index contributed by atoms with van der Waals surface area (Å²) in [5.41, 5.74) is 0. The zero-order valence-corrected chi connectivity index (χ0v) is 10.1. The van der Waals surface area contributed by atoms with Crippen molar-refractivity contribution in [3.8, 4) is 0 Å². The van der Waals surface area contributed by atoms with Crippen LogP contribution in [-0.2, 0) is 18.4 Å². The molecule has 0 aromatic carbocycles. The Bertz CT molecular complexity index is 348. The van der Waals surface area contributed by atoms with Gasteiger partial charge in [-0.2, -0.15) is 4.80 Å². The third-order valence-electron chi connectivity index (χ3n) is 2.23. The smallest absolute Gasteiger partial charge is 0.237 e. The maximum Gasteiger partial charge on any atom is 0.237 e. The van der Waals surface area contributed by atoms with E-state index in [0.717, 1.165) is 0 Å². The van der Waals surface area contributed by atoms with E-state index >= 15 is 0 Å². The third kappa shape index (κ3) is 3.27. The number of aryl methyl sites for hydroxylation is 1. The van der Waals surface area contributed by atoms with E-state index in [-0.39, 0.29) is 17.9 Å². The fourth-order valence-corrected chi connectivity index (χ4v) is 1.38. The molecule has 0 spiro atoms. The second kappa shape index (κ2) is 5.55. The number of hydrogen-bond acceptors (Lipinski definition) is 5. The van der Waals surface area contributed by atoms with E-state index in [4.69, 9.17) is 0 Å². The Balaban J connectivity index is 2.53. The molecule has 1 heterocycles. The number of nitrogens with one attached hydrogen (secondary N) is 2. The van der Waals surface area contributed by atoms with Gasteiger partial charge in [0.15, 0.2) is 5.82 Å². The highest BCUT2D eigenvalue weighted by Crippen LogP contribution is 2.02. The highest BCUT2D eigenvalue weighted by Gasteiger charge is 2.20. The Kier molecular flexibility index (Phi) is 4.36. The number of tetrazole rings is 1. The molecule has 7 heteroatoms. The molecule has 1 unspecified atom stereocenters. The summed E-state index contributed by atoms with van der Waals surface area (Å²) in [6.07, 6.45) is 0. The summed E-state index contributed by atoms with van der Waals surface area (Å²) in [6.45, 7) is 4.40. The zero-order chi connectivity index (χ0) is 12.1. The topological polar surface area (TPSA) is 84.7 Å². The predicted molar refractivity (Wildman–Crippen MR) is 58.3 cm³/mol. The second-order valence-electron chi connectivity index (χ2n) is 3.91. The Morgan fingerprint density at radius 1 is 1.50 bits per heavy atom. The minimum absolute atomic E-state index is 0.0288. The van der Waals surface area contributed by atoms with Crippen LogP contribution in [0.3, 0.4) is 0 Å². The summed E-state index contributed by atoms with van der Waals surface area (Å²) < 4.78 is 0. The van der Waals surface area contributed by atoms with Gasteiger partial charge in [0.1, 0.15) is 0 Å². The van der Waals surface area contributed by atoms with Crippen molar-refractivity contribution in [2.75, 3.05) is 7.05 Å². The molecule has 1 aromatic rings. The molecular formula is C9H18N6O. The van der Waals surface area contributed by atoms with Gasteiger partial charge >= 0.3 is 0 Å². The van der Waals surface area contributed by atoms with Crippen molar-refractivity contribution in [3.05, 3.63) is 5.82 Å². The van der Waals surface area contributed by atoms with Crippen LogP contribution in [0.2, 0.25) is 0 Å². The lowest BCUT2D eigenvalue weighted by Gasteiger charge is -2.19. The van der Waals surface area contributed by atoms with Crippen molar-refractivity contribution in [1.82, 2.24) is 30.8 Å². The van der Waals surface area contributed by atoms with Gasteiger partial charge < -0.3 is 5.32 Å². The molecular weight excluding hydrogens is 208 g/mol. The molecule has 1 aromatic heterocycles. The van der Waals surface area contributed by atoms with Gasteiger partial charge in [-0.25, -0.2) is 0 Å². The van der Waals surface area contributed by atoms with Crippen LogP contribution in [0.1, 0.15) is 19.7 Å². The number of likely N-dealkylation sites (N-methyl/N-ethyl adjacent to an activating group) is 1. The van der Waals surface area contributed by atoms with Crippen molar-refractivity contribution >= 4 is 5.91 Å². The number of rotatable bonds is 5. The van der Waals surface area contributed by atoms with Crippen LogP contribution >= 0.6 is 0 Å². The van der Waals surface area contributed by atoms with Crippen molar-refractivity contribution in [1.29, 1.82) is 0 Å². The summed E-state index contributed by atoms with van der Waals surface area (Å²) in [4.78, 5) is 12.9. The lowest BCUT2D eigenvalue weighted by atomic mass is 10.0. The van der Waals surface area contributed by atoms with Gasteiger partial charge in [-0.05, 0) is 11.1 Å². The van der Waals surface area contributed by atoms with Crippen LogP contribution in [0, 0.1) is 5.92 Å². The molecule has 1 rings (SSSR count). The fraction of sp³-hybridized carbons (Fsp3) is 0.778. The summed E-state index contributed by atoms with van der Waals surface area (Å²) in [6, 6.07) is -0.242. The quantitative estimate of drug-likeness (QED) is 0.677. The molecule has 16 heavy (non-hydrogen) atoms. The number of aromatic nitrogens is 4. The van der Waals surface area contributed by atoms with Crippen LogP contribution in [0.15, 0.2) is 0 Å². The molecule has 90 valence electrons. The minimum atomic E-state index is -0.242. The van der Waals surface area contributed by atoms with Gasteiger partial charge in [0.05, 0.1) is 19.6 Å². The number of nitrogens with zero attached hydrogens (tertiary/aromatic N) is 4. The molecule has 0 aliphatic carbocycles. The first-order valence-corrected chi connectivity index (χ1v) is 5.22. The van der Waals surface area contributed by atoms with Gasteiger partial charge in [-0.1, -0.05) is 13.8 Å². The molecule has 2 N–H and O–H groups in total. The van der Waals surface area contributed by atoms with Crippen LogP contribution < -0.4 is 10.6 Å². The Labute approximate surface area is 94.6 Å². The van der Waals surface area contributed by atoms with E-state index in [2.05, 4.69) is 26.0 Å². The number of hydrogen-bond donors (Lipinski definition) is 2. The monoisotopic (exact) mass is 226 g/mol. The molecule has 0 radical (unpaired) electrons. The Morgan fingerprint density at radius 3 is 2.62 bits per heavy atom. The molecule has 7 nitrogen and oxygen atoms in total. The SMILES string of the molecule is CNC(=O)C(NCc1nnn(C)n1)C(C)C. The average molecular weight is 226 g/mol. The molecule has 1 amide bonds. The summed E-state index contributed by atoms with van der Waals surface area (Å²) in [5, 5.41) is 17.3. The van der Waals surface area contributed by atoms with Gasteiger partial charge in [0.2, 0.25) is 5.91 Å². The fourth-order valence-electron chi connectivity index (χ4n) is 1.38. The number of carbonyl (C=O) groups excluding carboxylic acids is 1. The minimum Gasteiger partial charge on any atom is -0.358 e. The molecule has 0 fully saturated rings. The van der Waals surface area contributed by atoms with E-state index in [1.165, 1.54) is 4.80 Å². The largest absolute Gasteiger partial charge is 0.358 e. The van der Waals surface area contributed by atoms with Crippen LogP contribution in [0.5, 0.6) is 0 Å². The first kappa shape index (κ1) is 12.6. The van der Waals surface area contributed by atoms with Crippen LogP contribution in [0.4, 0.5) is 0 Å². The Morgan fingerprint density at radius 2 is 2.19 bits per heavy atom. The molecule has 0 saturated heterocycles. The maximum atomic E-state index is 11.5. The van der Waals surface area contributed by atoms with Gasteiger partial charge in [-0.15, -0.1) is 10.2 Å². The highest BCUT2D eigenvalue weighted by atomic mass is 16.2. The number of amides is 1. The first-order valence-electron chi connectivity index (χ1n) is 5.22. The predicted octanol–water partition coefficient (Wildman–Crippen LogP) is -0.930. The average Bonchev–Trinajstić information content (AvgIpc) is 2.63. The molecule has 0 saturated carbocycles. The molecule has 0 bridgehead atoms. The third-order valence-corrected chi connectivity index (χ3v) is 2.23. The lowest BCUT2D eigenvalue weighted by Crippen LogP contribution is -2.46.